The molecule has 0 aromatic carbocycles. The summed E-state index contributed by atoms with van der Waals surface area (Å²) in [5.41, 5.74) is -1.60. The molecular weight excluding hydrogens is 307 g/mol. The predicted octanol–water partition coefficient (Wildman–Crippen LogP) is 2.37. The van der Waals surface area contributed by atoms with Gasteiger partial charge in [0.1, 0.15) is 16.1 Å². The van der Waals surface area contributed by atoms with Crippen LogP contribution in [0.5, 0.6) is 0 Å². The third-order valence-electron chi connectivity index (χ3n) is 2.42. The van der Waals surface area contributed by atoms with Gasteiger partial charge in [-0.1, -0.05) is 11.6 Å². The molecular formula is C10H9ClF3NO3S. The lowest BCUT2D eigenvalue weighted by atomic mass is 10.1. The fourth-order valence-electron chi connectivity index (χ4n) is 1.19. The molecule has 9 heteroatoms. The Bertz CT molecular complexity index is 613. The zero-order valence-electron chi connectivity index (χ0n) is 9.82. The molecule has 0 amide bonds. The van der Waals surface area contributed by atoms with Gasteiger partial charge in [0, 0.05) is 6.26 Å². The Balaban J connectivity index is 3.21. The number of rotatable bonds is 3. The van der Waals surface area contributed by atoms with Crippen LogP contribution < -0.4 is 0 Å². The van der Waals surface area contributed by atoms with Crippen molar-refractivity contribution in [1.29, 1.82) is 0 Å². The normalized spacial score (nSPS) is 14.2. The second-order valence-electron chi connectivity index (χ2n) is 3.87. The molecule has 1 rings (SSSR count). The molecule has 106 valence electrons. The standard InChI is InChI=1S/C10H9ClF3NO3S/c1-5(19(2,17)18)8(16)6-3-4-7(10(12,13)14)15-9(6)11/h3-5H,1-2H3. The second-order valence-corrected chi connectivity index (χ2v) is 6.59. The molecule has 19 heavy (non-hydrogen) atoms. The van der Waals surface area contributed by atoms with E-state index in [0.29, 0.717) is 6.07 Å². The number of ketones is 1. The molecule has 0 spiro atoms. The average Bonchev–Trinajstić information content (AvgIpc) is 2.24. The summed E-state index contributed by atoms with van der Waals surface area (Å²) in [5, 5.41) is -2.07. The quantitative estimate of drug-likeness (QED) is 0.634. The third kappa shape index (κ3) is 3.66. The average molecular weight is 316 g/mol. The minimum atomic E-state index is -4.69. The van der Waals surface area contributed by atoms with Crippen LogP contribution in [0.4, 0.5) is 13.2 Å². The number of pyridine rings is 1. The van der Waals surface area contributed by atoms with Gasteiger partial charge in [-0.05, 0) is 19.1 Å². The summed E-state index contributed by atoms with van der Waals surface area (Å²) in [6, 6.07) is 1.40. The van der Waals surface area contributed by atoms with Crippen molar-refractivity contribution in [3.8, 4) is 0 Å². The maximum absolute atomic E-state index is 12.3. The number of carbonyl (C=O) groups excluding carboxylic acids is 1. The Hall–Kier alpha value is -1.15. The van der Waals surface area contributed by atoms with Crippen molar-refractivity contribution in [2.45, 2.75) is 18.3 Å². The molecule has 0 radical (unpaired) electrons. The van der Waals surface area contributed by atoms with Crippen molar-refractivity contribution < 1.29 is 26.4 Å². The SMILES string of the molecule is CC(C(=O)c1ccc(C(F)(F)F)nc1Cl)S(C)(=O)=O. The lowest BCUT2D eigenvalue weighted by molar-refractivity contribution is -0.141. The van der Waals surface area contributed by atoms with Crippen LogP contribution in [0.15, 0.2) is 12.1 Å². The van der Waals surface area contributed by atoms with Gasteiger partial charge in [-0.25, -0.2) is 13.4 Å². The van der Waals surface area contributed by atoms with E-state index in [1.807, 2.05) is 0 Å². The summed E-state index contributed by atoms with van der Waals surface area (Å²) in [5.74, 6) is -0.895. The maximum Gasteiger partial charge on any atom is 0.433 e. The number of hydrogen-bond donors (Lipinski definition) is 0. The lowest BCUT2D eigenvalue weighted by Gasteiger charge is -2.11. The topological polar surface area (TPSA) is 64.1 Å². The summed E-state index contributed by atoms with van der Waals surface area (Å²) in [6.45, 7) is 1.13. The van der Waals surface area contributed by atoms with E-state index in [0.717, 1.165) is 19.2 Å². The second kappa shape index (κ2) is 5.09. The summed E-state index contributed by atoms with van der Waals surface area (Å²) < 4.78 is 59.5. The van der Waals surface area contributed by atoms with Gasteiger partial charge in [-0.2, -0.15) is 13.2 Å². The molecule has 1 atom stereocenters. The number of halogens is 4. The molecule has 0 saturated carbocycles. The number of aromatic nitrogens is 1. The number of alkyl halides is 3. The molecule has 0 aliphatic rings. The van der Waals surface area contributed by atoms with Gasteiger partial charge in [-0.15, -0.1) is 0 Å². The van der Waals surface area contributed by atoms with Gasteiger partial charge < -0.3 is 0 Å². The van der Waals surface area contributed by atoms with Gasteiger partial charge >= 0.3 is 6.18 Å². The smallest absolute Gasteiger partial charge is 0.293 e. The van der Waals surface area contributed by atoms with Crippen molar-refractivity contribution in [3.63, 3.8) is 0 Å². The van der Waals surface area contributed by atoms with E-state index in [9.17, 15) is 26.4 Å². The zero-order valence-corrected chi connectivity index (χ0v) is 11.4. The van der Waals surface area contributed by atoms with Gasteiger partial charge in [-0.3, -0.25) is 4.79 Å². The molecule has 0 fully saturated rings. The van der Waals surface area contributed by atoms with Crippen LogP contribution in [0.1, 0.15) is 23.0 Å². The molecule has 0 aliphatic heterocycles. The van der Waals surface area contributed by atoms with Crippen molar-refractivity contribution in [2.24, 2.45) is 0 Å². The van der Waals surface area contributed by atoms with Crippen LogP contribution in [0, 0.1) is 0 Å². The van der Waals surface area contributed by atoms with E-state index in [2.05, 4.69) is 4.98 Å². The Morgan fingerprint density at radius 3 is 2.26 bits per heavy atom. The van der Waals surface area contributed by atoms with Crippen molar-refractivity contribution in [3.05, 3.63) is 28.5 Å². The van der Waals surface area contributed by atoms with E-state index < -0.39 is 37.9 Å². The summed E-state index contributed by atoms with van der Waals surface area (Å²) in [7, 11) is -3.66. The Kier molecular flexibility index (Phi) is 4.26. The monoisotopic (exact) mass is 315 g/mol. The van der Waals surface area contributed by atoms with E-state index in [1.54, 1.807) is 0 Å². The summed E-state index contributed by atoms with van der Waals surface area (Å²) >= 11 is 5.50. The molecule has 1 aromatic rings. The number of nitrogens with zero attached hydrogens (tertiary/aromatic N) is 1. The first-order valence-corrected chi connectivity index (χ1v) is 7.24. The molecule has 0 aliphatic carbocycles. The van der Waals surface area contributed by atoms with Crippen LogP contribution in [-0.4, -0.2) is 30.7 Å². The third-order valence-corrected chi connectivity index (χ3v) is 4.20. The largest absolute Gasteiger partial charge is 0.433 e. The van der Waals surface area contributed by atoms with Gasteiger partial charge in [0.15, 0.2) is 15.6 Å². The van der Waals surface area contributed by atoms with Crippen molar-refractivity contribution >= 4 is 27.2 Å². The highest BCUT2D eigenvalue weighted by Crippen LogP contribution is 2.29. The first-order valence-electron chi connectivity index (χ1n) is 4.91. The maximum atomic E-state index is 12.3. The fraction of sp³-hybridized carbons (Fsp3) is 0.400. The number of carbonyl (C=O) groups is 1. The Labute approximate surface area is 112 Å². The highest BCUT2D eigenvalue weighted by Gasteiger charge is 2.34. The Morgan fingerprint density at radius 2 is 1.89 bits per heavy atom. The minimum absolute atomic E-state index is 0.354. The number of hydrogen-bond acceptors (Lipinski definition) is 4. The summed E-state index contributed by atoms with van der Waals surface area (Å²) in [4.78, 5) is 14.8. The molecule has 1 unspecified atom stereocenters. The molecule has 1 aromatic heterocycles. The van der Waals surface area contributed by atoms with Gasteiger partial charge in [0.25, 0.3) is 0 Å². The lowest BCUT2D eigenvalue weighted by Crippen LogP contribution is -2.27. The van der Waals surface area contributed by atoms with Crippen molar-refractivity contribution in [2.75, 3.05) is 6.26 Å². The Morgan fingerprint density at radius 1 is 1.37 bits per heavy atom. The van der Waals surface area contributed by atoms with Crippen LogP contribution in [0.25, 0.3) is 0 Å². The number of sulfone groups is 1. The molecule has 4 nitrogen and oxygen atoms in total. The molecule has 0 saturated heterocycles. The van der Waals surface area contributed by atoms with E-state index >= 15 is 0 Å². The van der Waals surface area contributed by atoms with Crippen LogP contribution in [-0.2, 0) is 16.0 Å². The van der Waals surface area contributed by atoms with Gasteiger partial charge in [0.2, 0.25) is 0 Å². The van der Waals surface area contributed by atoms with Crippen LogP contribution in [0.3, 0.4) is 0 Å². The minimum Gasteiger partial charge on any atom is -0.293 e. The van der Waals surface area contributed by atoms with E-state index in [-0.39, 0.29) is 5.56 Å². The summed E-state index contributed by atoms with van der Waals surface area (Å²) in [6.07, 6.45) is -3.84. The predicted molar refractivity (Wildman–Crippen MR) is 62.9 cm³/mol. The highest BCUT2D eigenvalue weighted by molar-refractivity contribution is 7.92. The van der Waals surface area contributed by atoms with E-state index in [1.165, 1.54) is 0 Å². The highest BCUT2D eigenvalue weighted by atomic mass is 35.5. The molecule has 0 bridgehead atoms. The zero-order chi connectivity index (χ0) is 15.0. The van der Waals surface area contributed by atoms with Crippen molar-refractivity contribution in [1.82, 2.24) is 4.98 Å². The van der Waals surface area contributed by atoms with Gasteiger partial charge in [0.05, 0.1) is 5.56 Å². The van der Waals surface area contributed by atoms with Crippen LogP contribution >= 0.6 is 11.6 Å². The first-order chi connectivity index (χ1) is 8.44. The number of Topliss-reactive ketones (excluding diaryl/α,β-unsaturated/α-hetero) is 1. The first kappa shape index (κ1) is 15.9. The molecule has 1 heterocycles. The fourth-order valence-corrected chi connectivity index (χ4v) is 1.95. The molecule has 0 N–H and O–H groups in total. The van der Waals surface area contributed by atoms with Crippen LogP contribution in [0.2, 0.25) is 5.15 Å². The van der Waals surface area contributed by atoms with E-state index in [4.69, 9.17) is 11.6 Å².